The van der Waals surface area contributed by atoms with Crippen LogP contribution in [0.15, 0.2) is 22.7 Å². The molecular formula is C13H18BrFN2O2. The molecule has 2 amide bonds. The number of hydrogen-bond acceptors (Lipinski definition) is 2. The highest BCUT2D eigenvalue weighted by Gasteiger charge is 2.05. The first-order chi connectivity index (χ1) is 9.02. The van der Waals surface area contributed by atoms with Crippen molar-refractivity contribution in [3.05, 3.63) is 34.1 Å². The van der Waals surface area contributed by atoms with Gasteiger partial charge in [-0.3, -0.25) is 0 Å². The summed E-state index contributed by atoms with van der Waals surface area (Å²) >= 11 is 3.29. The number of rotatable bonds is 6. The van der Waals surface area contributed by atoms with E-state index in [1.165, 1.54) is 12.1 Å². The highest BCUT2D eigenvalue weighted by Crippen LogP contribution is 2.17. The Balaban J connectivity index is 2.32. The van der Waals surface area contributed by atoms with Gasteiger partial charge in [-0.1, -0.05) is 22.9 Å². The van der Waals surface area contributed by atoms with E-state index in [9.17, 15) is 14.3 Å². The first kappa shape index (κ1) is 15.9. The number of hydrogen-bond donors (Lipinski definition) is 3. The minimum absolute atomic E-state index is 0.237. The summed E-state index contributed by atoms with van der Waals surface area (Å²) in [5.74, 6) is -0.341. The molecule has 0 bridgehead atoms. The number of urea groups is 1. The number of nitrogens with one attached hydrogen (secondary N) is 2. The molecule has 1 aromatic carbocycles. The Bertz CT molecular complexity index is 429. The van der Waals surface area contributed by atoms with E-state index in [1.54, 1.807) is 6.07 Å². The molecule has 0 aliphatic carbocycles. The molecule has 1 aromatic rings. The van der Waals surface area contributed by atoms with Crippen molar-refractivity contribution in [3.63, 3.8) is 0 Å². The molecule has 3 N–H and O–H groups in total. The minimum Gasteiger partial charge on any atom is -0.393 e. The smallest absolute Gasteiger partial charge is 0.315 e. The summed E-state index contributed by atoms with van der Waals surface area (Å²) in [6, 6.07) is 3.98. The van der Waals surface area contributed by atoms with Crippen LogP contribution in [0.5, 0.6) is 0 Å². The predicted molar refractivity (Wildman–Crippen MR) is 75.3 cm³/mol. The normalized spacial score (nSPS) is 12.0. The molecule has 1 rings (SSSR count). The Morgan fingerprint density at radius 3 is 2.89 bits per heavy atom. The molecule has 0 radical (unpaired) electrons. The number of aliphatic hydroxyl groups excluding tert-OH is 1. The van der Waals surface area contributed by atoms with E-state index in [0.29, 0.717) is 24.9 Å². The second kappa shape index (κ2) is 8.12. The van der Waals surface area contributed by atoms with Crippen LogP contribution >= 0.6 is 15.9 Å². The number of aliphatic hydroxyl groups is 1. The van der Waals surface area contributed by atoms with Gasteiger partial charge in [-0.25, -0.2) is 9.18 Å². The van der Waals surface area contributed by atoms with Crippen molar-refractivity contribution < 1.29 is 14.3 Å². The maximum atomic E-state index is 13.0. The lowest BCUT2D eigenvalue weighted by atomic mass is 10.2. The lowest BCUT2D eigenvalue weighted by Crippen LogP contribution is -2.36. The average molecular weight is 333 g/mol. The fourth-order valence-corrected chi connectivity index (χ4v) is 1.86. The Morgan fingerprint density at radius 2 is 2.21 bits per heavy atom. The fraction of sp³-hybridized carbons (Fsp3) is 0.462. The molecule has 0 aliphatic rings. The molecule has 0 spiro atoms. The number of carbonyl (C=O) groups excluding carboxylic acids is 1. The quantitative estimate of drug-likeness (QED) is 0.749. The molecule has 0 aromatic heterocycles. The zero-order valence-corrected chi connectivity index (χ0v) is 12.3. The standard InChI is InChI=1S/C13H18BrFN2O2/c1-2-11(18)5-6-16-13(19)17-8-9-7-10(15)3-4-12(9)14/h3-4,7,11,18H,2,5-6,8H2,1H3,(H2,16,17,19)/t11-/m1/s1. The SMILES string of the molecule is CC[C@@H](O)CCNC(=O)NCc1cc(F)ccc1Br. The average Bonchev–Trinajstić information content (AvgIpc) is 2.39. The van der Waals surface area contributed by atoms with E-state index in [1.807, 2.05) is 6.92 Å². The lowest BCUT2D eigenvalue weighted by molar-refractivity contribution is 0.160. The molecule has 19 heavy (non-hydrogen) atoms. The maximum absolute atomic E-state index is 13.0. The van der Waals surface area contributed by atoms with Gasteiger partial charge >= 0.3 is 6.03 Å². The molecule has 4 nitrogen and oxygen atoms in total. The molecule has 1 atom stereocenters. The van der Waals surface area contributed by atoms with E-state index in [4.69, 9.17) is 0 Å². The molecule has 0 aliphatic heterocycles. The Morgan fingerprint density at radius 1 is 1.47 bits per heavy atom. The first-order valence-corrected chi connectivity index (χ1v) is 6.96. The van der Waals surface area contributed by atoms with Gasteiger partial charge in [-0.2, -0.15) is 0 Å². The molecule has 106 valence electrons. The van der Waals surface area contributed by atoms with Crippen LogP contribution in [-0.4, -0.2) is 23.8 Å². The zero-order valence-electron chi connectivity index (χ0n) is 10.7. The van der Waals surface area contributed by atoms with Crippen LogP contribution in [0.25, 0.3) is 0 Å². The number of amides is 2. The summed E-state index contributed by atoms with van der Waals surface area (Å²) in [7, 11) is 0. The van der Waals surface area contributed by atoms with Crippen LogP contribution < -0.4 is 10.6 Å². The van der Waals surface area contributed by atoms with Crippen molar-refractivity contribution in [2.75, 3.05) is 6.54 Å². The third-order valence-corrected chi connectivity index (χ3v) is 3.46. The molecule has 6 heteroatoms. The van der Waals surface area contributed by atoms with Gasteiger partial charge in [0.2, 0.25) is 0 Å². The monoisotopic (exact) mass is 332 g/mol. The molecule has 0 fully saturated rings. The van der Waals surface area contributed by atoms with Crippen molar-refractivity contribution in [1.82, 2.24) is 10.6 Å². The Hall–Kier alpha value is -1.14. The van der Waals surface area contributed by atoms with Crippen molar-refractivity contribution in [2.45, 2.75) is 32.4 Å². The van der Waals surface area contributed by atoms with Gasteiger partial charge < -0.3 is 15.7 Å². The molecule has 0 saturated carbocycles. The van der Waals surface area contributed by atoms with E-state index < -0.39 is 6.10 Å². The van der Waals surface area contributed by atoms with Crippen LogP contribution in [0.3, 0.4) is 0 Å². The van der Waals surface area contributed by atoms with Crippen molar-refractivity contribution in [3.8, 4) is 0 Å². The Kier molecular flexibility index (Phi) is 6.80. The van der Waals surface area contributed by atoms with Crippen LogP contribution in [0.4, 0.5) is 9.18 Å². The third kappa shape index (κ3) is 6.02. The highest BCUT2D eigenvalue weighted by molar-refractivity contribution is 9.10. The van der Waals surface area contributed by atoms with E-state index in [2.05, 4.69) is 26.6 Å². The van der Waals surface area contributed by atoms with E-state index in [-0.39, 0.29) is 18.4 Å². The van der Waals surface area contributed by atoms with E-state index in [0.717, 1.165) is 4.47 Å². The summed E-state index contributed by atoms with van der Waals surface area (Å²) in [5, 5.41) is 14.6. The number of carbonyl (C=O) groups is 1. The van der Waals surface area contributed by atoms with Gasteiger partial charge in [0.1, 0.15) is 5.82 Å². The van der Waals surface area contributed by atoms with Gasteiger partial charge in [0.15, 0.2) is 0 Å². The van der Waals surface area contributed by atoms with Crippen LogP contribution in [-0.2, 0) is 6.54 Å². The topological polar surface area (TPSA) is 61.4 Å². The van der Waals surface area contributed by atoms with Crippen LogP contribution in [0, 0.1) is 5.82 Å². The van der Waals surface area contributed by atoms with Crippen molar-refractivity contribution >= 4 is 22.0 Å². The van der Waals surface area contributed by atoms with Gasteiger partial charge in [0.25, 0.3) is 0 Å². The maximum Gasteiger partial charge on any atom is 0.315 e. The number of halogens is 2. The van der Waals surface area contributed by atoms with Crippen LogP contribution in [0.1, 0.15) is 25.3 Å². The summed E-state index contributed by atoms with van der Waals surface area (Å²) in [6.07, 6.45) is 0.797. The molecule has 0 heterocycles. The van der Waals surface area contributed by atoms with Gasteiger partial charge in [0, 0.05) is 17.6 Å². The first-order valence-electron chi connectivity index (χ1n) is 6.16. The predicted octanol–water partition coefficient (Wildman–Crippen LogP) is 2.55. The van der Waals surface area contributed by atoms with Gasteiger partial charge in [-0.15, -0.1) is 0 Å². The molecule has 0 saturated heterocycles. The second-order valence-electron chi connectivity index (χ2n) is 4.20. The highest BCUT2D eigenvalue weighted by atomic mass is 79.9. The lowest BCUT2D eigenvalue weighted by Gasteiger charge is -2.10. The van der Waals surface area contributed by atoms with Crippen LogP contribution in [0.2, 0.25) is 0 Å². The van der Waals surface area contributed by atoms with Gasteiger partial charge in [-0.05, 0) is 36.6 Å². The number of benzene rings is 1. The molecular weight excluding hydrogens is 315 g/mol. The summed E-state index contributed by atoms with van der Waals surface area (Å²) in [6.45, 7) is 2.53. The van der Waals surface area contributed by atoms with Crippen molar-refractivity contribution in [2.24, 2.45) is 0 Å². The fourth-order valence-electron chi connectivity index (χ4n) is 1.47. The largest absolute Gasteiger partial charge is 0.393 e. The second-order valence-corrected chi connectivity index (χ2v) is 5.05. The summed E-state index contributed by atoms with van der Waals surface area (Å²) < 4.78 is 13.8. The summed E-state index contributed by atoms with van der Waals surface area (Å²) in [5.41, 5.74) is 0.670. The third-order valence-electron chi connectivity index (χ3n) is 2.68. The minimum atomic E-state index is -0.391. The zero-order chi connectivity index (χ0) is 14.3. The molecule has 0 unspecified atom stereocenters. The Labute approximate surface area is 120 Å². The van der Waals surface area contributed by atoms with Gasteiger partial charge in [0.05, 0.1) is 6.10 Å². The summed E-state index contributed by atoms with van der Waals surface area (Å²) in [4.78, 5) is 11.5. The van der Waals surface area contributed by atoms with Crippen molar-refractivity contribution in [1.29, 1.82) is 0 Å². The van der Waals surface area contributed by atoms with E-state index >= 15 is 0 Å².